The second-order valence-corrected chi connectivity index (χ2v) is 10.2. The first kappa shape index (κ1) is 20.8. The molecule has 0 bridgehead atoms. The van der Waals surface area contributed by atoms with Crippen LogP contribution in [-0.4, -0.2) is 44.1 Å². The van der Waals surface area contributed by atoms with E-state index in [0.29, 0.717) is 0 Å². The first-order valence-corrected chi connectivity index (χ1v) is 12.0. The summed E-state index contributed by atoms with van der Waals surface area (Å²) in [6, 6.07) is 17.2. The lowest BCUT2D eigenvalue weighted by Gasteiger charge is -2.10. The maximum atomic E-state index is 4.67. The van der Waals surface area contributed by atoms with Crippen molar-refractivity contribution in [1.82, 2.24) is 30.0 Å². The number of nitrogens with zero attached hydrogens (tertiary/aromatic N) is 4. The van der Waals surface area contributed by atoms with E-state index < -0.39 is 0 Å². The molecule has 6 rings (SSSR count). The maximum absolute atomic E-state index is 4.67. The van der Waals surface area contributed by atoms with Gasteiger partial charge in [-0.25, -0.2) is 0 Å². The Hall–Kier alpha value is -3.81. The van der Waals surface area contributed by atoms with Crippen molar-refractivity contribution in [2.75, 3.05) is 14.1 Å². The molecule has 2 N–H and O–H groups in total. The Balaban J connectivity index is 1.45. The summed E-state index contributed by atoms with van der Waals surface area (Å²) in [5, 5.41) is 10.0. The summed E-state index contributed by atoms with van der Waals surface area (Å²) in [6.45, 7) is 2.98. The van der Waals surface area contributed by atoms with Gasteiger partial charge in [-0.3, -0.25) is 15.1 Å². The lowest BCUT2D eigenvalue weighted by atomic mass is 10.1. The van der Waals surface area contributed by atoms with E-state index in [9.17, 15) is 0 Å². The summed E-state index contributed by atoms with van der Waals surface area (Å²) in [7, 11) is 4.11. The van der Waals surface area contributed by atoms with Crippen LogP contribution in [0.4, 0.5) is 0 Å². The SMILES string of the molecule is Cc1ccc(-c2cccc3[nH]c(-c4n[nH]c5cnc(-c6cncc(CN(C)C)c6)cc45)cc23)s1. The van der Waals surface area contributed by atoms with Crippen LogP contribution < -0.4 is 0 Å². The fourth-order valence-corrected chi connectivity index (χ4v) is 5.34. The minimum Gasteiger partial charge on any atom is -0.353 e. The van der Waals surface area contributed by atoms with Crippen LogP contribution in [0.1, 0.15) is 10.4 Å². The number of rotatable bonds is 5. The lowest BCUT2D eigenvalue weighted by molar-refractivity contribution is 0.402. The summed E-state index contributed by atoms with van der Waals surface area (Å²) >= 11 is 1.82. The minimum atomic E-state index is 0.835. The van der Waals surface area contributed by atoms with Gasteiger partial charge in [0.05, 0.1) is 23.1 Å². The van der Waals surface area contributed by atoms with Gasteiger partial charge in [0.1, 0.15) is 5.69 Å². The van der Waals surface area contributed by atoms with Crippen LogP contribution >= 0.6 is 11.3 Å². The Labute approximate surface area is 201 Å². The number of aromatic amines is 2. The first-order valence-electron chi connectivity index (χ1n) is 11.2. The third-order valence-corrected chi connectivity index (χ3v) is 7.00. The number of aryl methyl sites for hydroxylation is 1. The molecule has 0 aliphatic heterocycles. The highest BCUT2D eigenvalue weighted by molar-refractivity contribution is 7.15. The molecule has 6 nitrogen and oxygen atoms in total. The van der Waals surface area contributed by atoms with Gasteiger partial charge in [0.25, 0.3) is 0 Å². The van der Waals surface area contributed by atoms with E-state index in [4.69, 9.17) is 0 Å². The monoisotopic (exact) mass is 464 g/mol. The van der Waals surface area contributed by atoms with Crippen LogP contribution in [0.3, 0.4) is 0 Å². The largest absolute Gasteiger partial charge is 0.353 e. The fourth-order valence-electron chi connectivity index (χ4n) is 4.44. The molecule has 5 heterocycles. The van der Waals surface area contributed by atoms with Crippen LogP contribution in [0.15, 0.2) is 67.1 Å². The zero-order valence-corrected chi connectivity index (χ0v) is 20.1. The van der Waals surface area contributed by atoms with E-state index in [2.05, 4.69) is 99.6 Å². The number of hydrogen-bond donors (Lipinski definition) is 2. The van der Waals surface area contributed by atoms with E-state index >= 15 is 0 Å². The number of aromatic nitrogens is 5. The summed E-state index contributed by atoms with van der Waals surface area (Å²) in [5.74, 6) is 0. The Bertz CT molecular complexity index is 1640. The molecule has 0 amide bonds. The molecule has 0 aliphatic carbocycles. The van der Waals surface area contributed by atoms with E-state index in [1.54, 1.807) is 0 Å². The predicted molar refractivity (Wildman–Crippen MR) is 140 cm³/mol. The van der Waals surface area contributed by atoms with Gasteiger partial charge in [0, 0.05) is 56.1 Å². The van der Waals surface area contributed by atoms with Crippen molar-refractivity contribution in [2.45, 2.75) is 13.5 Å². The predicted octanol–water partition coefficient (Wildman–Crippen LogP) is 6.27. The number of hydrogen-bond acceptors (Lipinski definition) is 5. The fraction of sp³-hybridized carbons (Fsp3) is 0.148. The highest BCUT2D eigenvalue weighted by atomic mass is 32.1. The third kappa shape index (κ3) is 3.69. The number of nitrogens with one attached hydrogen (secondary N) is 2. The quantitative estimate of drug-likeness (QED) is 0.315. The van der Waals surface area contributed by atoms with Gasteiger partial charge >= 0.3 is 0 Å². The molecule has 5 aromatic heterocycles. The molecule has 34 heavy (non-hydrogen) atoms. The zero-order valence-electron chi connectivity index (χ0n) is 19.3. The molecular formula is C27H24N6S. The molecule has 0 aliphatic rings. The van der Waals surface area contributed by atoms with Crippen LogP contribution in [0.25, 0.3) is 54.9 Å². The number of pyridine rings is 2. The van der Waals surface area contributed by atoms with E-state index in [1.807, 2.05) is 29.9 Å². The van der Waals surface area contributed by atoms with Crippen molar-refractivity contribution in [3.63, 3.8) is 0 Å². The normalized spacial score (nSPS) is 11.8. The topological polar surface area (TPSA) is 73.5 Å². The summed E-state index contributed by atoms with van der Waals surface area (Å²) < 4.78 is 0. The van der Waals surface area contributed by atoms with Gasteiger partial charge in [-0.1, -0.05) is 12.1 Å². The second-order valence-electron chi connectivity index (χ2n) is 8.87. The van der Waals surface area contributed by atoms with E-state index in [-0.39, 0.29) is 0 Å². The molecule has 0 atom stereocenters. The van der Waals surface area contributed by atoms with Crippen molar-refractivity contribution in [3.8, 4) is 33.1 Å². The molecule has 0 spiro atoms. The molecule has 6 aromatic rings. The highest BCUT2D eigenvalue weighted by Crippen LogP contribution is 2.37. The van der Waals surface area contributed by atoms with E-state index in [1.165, 1.54) is 20.7 Å². The molecule has 168 valence electrons. The Morgan fingerprint density at radius 2 is 1.85 bits per heavy atom. The Kier molecular flexibility index (Phi) is 5.01. The van der Waals surface area contributed by atoms with Gasteiger partial charge in [-0.2, -0.15) is 5.10 Å². The zero-order chi connectivity index (χ0) is 23.2. The number of fused-ring (bicyclic) bond motifs is 2. The molecule has 0 saturated carbocycles. The third-order valence-electron chi connectivity index (χ3n) is 5.96. The van der Waals surface area contributed by atoms with Crippen molar-refractivity contribution in [3.05, 3.63) is 77.6 Å². The maximum Gasteiger partial charge on any atom is 0.116 e. The van der Waals surface area contributed by atoms with Gasteiger partial charge in [0.2, 0.25) is 0 Å². The number of H-pyrrole nitrogens is 2. The first-order chi connectivity index (χ1) is 16.5. The molecule has 0 unspecified atom stereocenters. The van der Waals surface area contributed by atoms with Crippen LogP contribution in [-0.2, 0) is 6.54 Å². The van der Waals surface area contributed by atoms with Gasteiger partial charge in [-0.05, 0) is 63.0 Å². The summed E-state index contributed by atoms with van der Waals surface area (Å²) in [4.78, 5) is 17.4. The average Bonchev–Trinajstić information content (AvgIpc) is 3.55. The van der Waals surface area contributed by atoms with Crippen molar-refractivity contribution >= 4 is 33.1 Å². The molecule has 0 saturated heterocycles. The molecule has 7 heteroatoms. The van der Waals surface area contributed by atoms with Crippen molar-refractivity contribution < 1.29 is 0 Å². The molecule has 1 aromatic carbocycles. The van der Waals surface area contributed by atoms with Crippen molar-refractivity contribution in [2.24, 2.45) is 0 Å². The Morgan fingerprint density at radius 3 is 2.68 bits per heavy atom. The van der Waals surface area contributed by atoms with E-state index in [0.717, 1.165) is 51.2 Å². The molecular weight excluding hydrogens is 440 g/mol. The molecule has 0 fully saturated rings. The van der Waals surface area contributed by atoms with Gasteiger partial charge < -0.3 is 9.88 Å². The van der Waals surface area contributed by atoms with Crippen LogP contribution in [0.2, 0.25) is 0 Å². The lowest BCUT2D eigenvalue weighted by Crippen LogP contribution is -2.10. The summed E-state index contributed by atoms with van der Waals surface area (Å²) in [5.41, 5.74) is 8.16. The van der Waals surface area contributed by atoms with Crippen LogP contribution in [0, 0.1) is 6.92 Å². The standard InChI is InChI=1S/C27H24N6S/c1-16-7-8-26(34-16)19-5-4-6-22-20(19)10-24(30-22)27-21-11-23(29-14-25(21)31-32-27)18-9-17(12-28-13-18)15-33(2)3/h4-14,30H,15H2,1-3H3,(H,31,32). The smallest absolute Gasteiger partial charge is 0.116 e. The average molecular weight is 465 g/mol. The number of benzene rings is 1. The summed E-state index contributed by atoms with van der Waals surface area (Å²) in [6.07, 6.45) is 5.62. The minimum absolute atomic E-state index is 0.835. The second kappa shape index (κ2) is 8.20. The van der Waals surface area contributed by atoms with Gasteiger partial charge in [-0.15, -0.1) is 11.3 Å². The van der Waals surface area contributed by atoms with Crippen LogP contribution in [0.5, 0.6) is 0 Å². The number of thiophene rings is 1. The molecule has 0 radical (unpaired) electrons. The van der Waals surface area contributed by atoms with Gasteiger partial charge in [0.15, 0.2) is 0 Å². The van der Waals surface area contributed by atoms with Crippen molar-refractivity contribution in [1.29, 1.82) is 0 Å². The Morgan fingerprint density at radius 1 is 0.941 bits per heavy atom. The highest BCUT2D eigenvalue weighted by Gasteiger charge is 2.15.